The van der Waals surface area contributed by atoms with Crippen molar-refractivity contribution in [2.45, 2.75) is 13.8 Å². The van der Waals surface area contributed by atoms with Crippen molar-refractivity contribution in [3.05, 3.63) is 16.6 Å². The molecule has 1 fully saturated rings. The Morgan fingerprint density at radius 3 is 2.21 bits per heavy atom. The quantitative estimate of drug-likeness (QED) is 0.834. The van der Waals surface area contributed by atoms with Crippen LogP contribution in [0, 0.1) is 17.3 Å². The van der Waals surface area contributed by atoms with E-state index in [9.17, 15) is 9.59 Å². The topological polar surface area (TPSA) is 92.2 Å². The maximum absolute atomic E-state index is 12.1. The summed E-state index contributed by atoms with van der Waals surface area (Å²) in [4.78, 5) is 30.5. The maximum atomic E-state index is 12.1. The van der Waals surface area contributed by atoms with E-state index >= 15 is 0 Å². The fourth-order valence-corrected chi connectivity index (χ4v) is 2.65. The van der Waals surface area contributed by atoms with Gasteiger partial charge in [0.2, 0.25) is 5.91 Å². The molecule has 0 spiro atoms. The molecule has 0 unspecified atom stereocenters. The Bertz CT molecular complexity index is 542. The second kappa shape index (κ2) is 4.61. The van der Waals surface area contributed by atoms with Gasteiger partial charge < -0.3 is 10.4 Å². The summed E-state index contributed by atoms with van der Waals surface area (Å²) in [5.41, 5.74) is -0.493. The van der Waals surface area contributed by atoms with Gasteiger partial charge in [-0.15, -0.1) is 0 Å². The van der Waals surface area contributed by atoms with Gasteiger partial charge in [-0.3, -0.25) is 9.59 Å². The van der Waals surface area contributed by atoms with E-state index in [0.29, 0.717) is 0 Å². The number of carboxylic acids is 1. The number of anilines is 1. The van der Waals surface area contributed by atoms with Gasteiger partial charge in [0.15, 0.2) is 10.3 Å². The minimum Gasteiger partial charge on any atom is -0.481 e. The fourth-order valence-electron chi connectivity index (χ4n) is 2.24. The van der Waals surface area contributed by atoms with Crippen molar-refractivity contribution in [2.75, 3.05) is 5.32 Å². The van der Waals surface area contributed by atoms with E-state index in [1.807, 2.05) is 0 Å². The van der Waals surface area contributed by atoms with Gasteiger partial charge in [-0.05, 0) is 5.41 Å². The predicted octanol–water partition coefficient (Wildman–Crippen LogP) is 2.08. The molecule has 1 saturated carbocycles. The van der Waals surface area contributed by atoms with Gasteiger partial charge in [0.1, 0.15) is 12.0 Å². The molecule has 102 valence electrons. The van der Waals surface area contributed by atoms with Crippen LogP contribution in [0.2, 0.25) is 10.3 Å². The van der Waals surface area contributed by atoms with Crippen LogP contribution in [0.3, 0.4) is 0 Å². The number of nitrogens with one attached hydrogen (secondary N) is 1. The van der Waals surface area contributed by atoms with Crippen LogP contribution in [0.4, 0.5) is 5.69 Å². The fraction of sp³-hybridized carbons (Fsp3) is 0.455. The van der Waals surface area contributed by atoms with E-state index in [4.69, 9.17) is 28.3 Å². The Hall–Kier alpha value is -1.40. The van der Waals surface area contributed by atoms with Gasteiger partial charge in [-0.1, -0.05) is 37.0 Å². The highest BCUT2D eigenvalue weighted by Crippen LogP contribution is 2.58. The number of hydrogen-bond donors (Lipinski definition) is 2. The molecule has 0 bridgehead atoms. The zero-order valence-corrected chi connectivity index (χ0v) is 11.7. The SMILES string of the molecule is CC1(C)[C@H](C(=O)O)[C@@H]1C(=O)Nc1c(Cl)ncnc1Cl. The lowest BCUT2D eigenvalue weighted by molar-refractivity contribution is -0.140. The Morgan fingerprint density at radius 1 is 1.26 bits per heavy atom. The molecule has 0 aromatic carbocycles. The first-order valence-electron chi connectivity index (χ1n) is 5.46. The van der Waals surface area contributed by atoms with Crippen LogP contribution in [0.5, 0.6) is 0 Å². The summed E-state index contributed by atoms with van der Waals surface area (Å²) in [6, 6.07) is 0. The summed E-state index contributed by atoms with van der Waals surface area (Å²) >= 11 is 11.6. The van der Waals surface area contributed by atoms with E-state index in [1.165, 1.54) is 6.33 Å². The van der Waals surface area contributed by atoms with E-state index < -0.39 is 29.1 Å². The second-order valence-electron chi connectivity index (χ2n) is 4.93. The minimum atomic E-state index is -0.994. The summed E-state index contributed by atoms with van der Waals surface area (Å²) in [7, 11) is 0. The third-order valence-electron chi connectivity index (χ3n) is 3.38. The molecular formula is C11H11Cl2N3O3. The summed E-state index contributed by atoms with van der Waals surface area (Å²) in [6.07, 6.45) is 1.17. The molecule has 1 aromatic rings. The Labute approximate surface area is 119 Å². The molecule has 0 saturated heterocycles. The van der Waals surface area contributed by atoms with Crippen LogP contribution >= 0.6 is 23.2 Å². The largest absolute Gasteiger partial charge is 0.481 e. The standard InChI is InChI=1S/C11H11Cl2N3O3/c1-11(2)4(5(11)10(18)19)9(17)16-6-7(12)14-3-15-8(6)13/h3-5H,1-2H3,(H,16,17)(H,18,19)/t4-,5+/m1/s1. The van der Waals surface area contributed by atoms with Gasteiger partial charge in [-0.25, -0.2) is 9.97 Å². The Morgan fingerprint density at radius 2 is 1.79 bits per heavy atom. The van der Waals surface area contributed by atoms with E-state index in [2.05, 4.69) is 15.3 Å². The second-order valence-corrected chi connectivity index (χ2v) is 5.65. The molecule has 2 atom stereocenters. The number of amides is 1. The van der Waals surface area contributed by atoms with E-state index in [1.54, 1.807) is 13.8 Å². The molecule has 0 aliphatic heterocycles. The molecular weight excluding hydrogens is 293 g/mol. The van der Waals surface area contributed by atoms with E-state index in [0.717, 1.165) is 0 Å². The van der Waals surface area contributed by atoms with Crippen molar-refractivity contribution in [2.24, 2.45) is 17.3 Å². The van der Waals surface area contributed by atoms with Gasteiger partial charge >= 0.3 is 5.97 Å². The molecule has 2 N–H and O–H groups in total. The highest BCUT2D eigenvalue weighted by atomic mass is 35.5. The van der Waals surface area contributed by atoms with Gasteiger partial charge in [0.05, 0.1) is 11.8 Å². The molecule has 1 heterocycles. The van der Waals surface area contributed by atoms with Gasteiger partial charge in [0.25, 0.3) is 0 Å². The zero-order valence-electron chi connectivity index (χ0n) is 10.1. The average Bonchev–Trinajstić information content (AvgIpc) is 2.87. The number of halogens is 2. The highest BCUT2D eigenvalue weighted by Gasteiger charge is 2.66. The van der Waals surface area contributed by atoms with Crippen molar-refractivity contribution in [1.82, 2.24) is 9.97 Å². The number of aromatic nitrogens is 2. The molecule has 1 aromatic heterocycles. The normalized spacial score (nSPS) is 23.8. The third-order valence-corrected chi connectivity index (χ3v) is 3.95. The molecule has 1 aliphatic rings. The molecule has 1 amide bonds. The number of carboxylic acid groups (broad SMARTS) is 1. The average molecular weight is 304 g/mol. The lowest BCUT2D eigenvalue weighted by Gasteiger charge is -2.08. The number of nitrogens with zero attached hydrogens (tertiary/aromatic N) is 2. The zero-order chi connectivity index (χ0) is 14.4. The van der Waals surface area contributed by atoms with Crippen molar-refractivity contribution in [3.8, 4) is 0 Å². The van der Waals surface area contributed by atoms with Crippen molar-refractivity contribution < 1.29 is 14.7 Å². The van der Waals surface area contributed by atoms with Crippen molar-refractivity contribution in [1.29, 1.82) is 0 Å². The van der Waals surface area contributed by atoms with Crippen LogP contribution in [0.25, 0.3) is 0 Å². The first kappa shape index (κ1) is 14.0. The first-order chi connectivity index (χ1) is 8.76. The maximum Gasteiger partial charge on any atom is 0.307 e. The number of aliphatic carboxylic acids is 1. The third kappa shape index (κ3) is 2.37. The Kier molecular flexibility index (Phi) is 3.40. The molecule has 0 radical (unpaired) electrons. The minimum absolute atomic E-state index is 0.0127. The van der Waals surface area contributed by atoms with Crippen molar-refractivity contribution in [3.63, 3.8) is 0 Å². The number of carbonyl (C=O) groups is 2. The van der Waals surface area contributed by atoms with Crippen LogP contribution in [0.15, 0.2) is 6.33 Å². The first-order valence-corrected chi connectivity index (χ1v) is 6.22. The van der Waals surface area contributed by atoms with Crippen LogP contribution in [0.1, 0.15) is 13.8 Å². The van der Waals surface area contributed by atoms with Gasteiger partial charge in [0, 0.05) is 0 Å². The predicted molar refractivity (Wildman–Crippen MR) is 69.1 cm³/mol. The number of hydrogen-bond acceptors (Lipinski definition) is 4. The molecule has 8 heteroatoms. The Balaban J connectivity index is 2.18. The number of rotatable bonds is 3. The lowest BCUT2D eigenvalue weighted by Crippen LogP contribution is -2.18. The molecule has 1 aliphatic carbocycles. The van der Waals surface area contributed by atoms with Crippen LogP contribution < -0.4 is 5.32 Å². The van der Waals surface area contributed by atoms with Crippen LogP contribution in [-0.2, 0) is 9.59 Å². The monoisotopic (exact) mass is 303 g/mol. The molecule has 19 heavy (non-hydrogen) atoms. The lowest BCUT2D eigenvalue weighted by atomic mass is 10.1. The highest BCUT2D eigenvalue weighted by molar-refractivity contribution is 6.38. The molecule has 2 rings (SSSR count). The summed E-state index contributed by atoms with van der Waals surface area (Å²) < 4.78 is 0. The van der Waals surface area contributed by atoms with Gasteiger partial charge in [-0.2, -0.15) is 0 Å². The molecule has 6 nitrogen and oxygen atoms in total. The summed E-state index contributed by atoms with van der Waals surface area (Å²) in [5.74, 6) is -2.78. The number of carbonyl (C=O) groups excluding carboxylic acids is 1. The summed E-state index contributed by atoms with van der Waals surface area (Å²) in [5, 5.41) is 11.5. The summed E-state index contributed by atoms with van der Waals surface area (Å²) in [6.45, 7) is 3.45. The smallest absolute Gasteiger partial charge is 0.307 e. The van der Waals surface area contributed by atoms with Crippen LogP contribution in [-0.4, -0.2) is 27.0 Å². The van der Waals surface area contributed by atoms with Crippen molar-refractivity contribution >= 4 is 40.8 Å². The van der Waals surface area contributed by atoms with E-state index in [-0.39, 0.29) is 16.0 Å².